The van der Waals surface area contributed by atoms with Gasteiger partial charge < -0.3 is 15.8 Å². The van der Waals surface area contributed by atoms with E-state index in [2.05, 4.69) is 15.3 Å². The van der Waals surface area contributed by atoms with E-state index < -0.39 is 11.0 Å². The summed E-state index contributed by atoms with van der Waals surface area (Å²) in [4.78, 5) is 21.8. The van der Waals surface area contributed by atoms with E-state index in [1.54, 1.807) is 6.20 Å². The quantitative estimate of drug-likeness (QED) is 0.880. The van der Waals surface area contributed by atoms with Gasteiger partial charge in [0, 0.05) is 29.5 Å². The van der Waals surface area contributed by atoms with Gasteiger partial charge in [-0.1, -0.05) is 19.9 Å². The van der Waals surface area contributed by atoms with E-state index in [0.29, 0.717) is 5.13 Å². The van der Waals surface area contributed by atoms with E-state index in [9.17, 15) is 4.79 Å². The van der Waals surface area contributed by atoms with Gasteiger partial charge in [-0.05, 0) is 25.0 Å². The summed E-state index contributed by atoms with van der Waals surface area (Å²) in [6.07, 6.45) is 3.65. The Morgan fingerprint density at radius 2 is 2.24 bits per heavy atom. The third-order valence-corrected chi connectivity index (χ3v) is 6.47. The van der Waals surface area contributed by atoms with Gasteiger partial charge in [0.15, 0.2) is 5.13 Å². The molecule has 3 unspecified atom stereocenters. The lowest BCUT2D eigenvalue weighted by molar-refractivity contribution is -0.222. The molecule has 0 bridgehead atoms. The molecule has 4 rings (SSSR count). The van der Waals surface area contributed by atoms with Crippen LogP contribution in [-0.2, 0) is 9.53 Å². The second-order valence-electron chi connectivity index (χ2n) is 7.34. The maximum absolute atomic E-state index is 13.0. The van der Waals surface area contributed by atoms with E-state index in [1.807, 2.05) is 37.4 Å². The third-order valence-electron chi connectivity index (χ3n) is 5.71. The van der Waals surface area contributed by atoms with Crippen LogP contribution in [0.5, 0.6) is 0 Å². The molecule has 1 saturated carbocycles. The minimum absolute atomic E-state index is 0.0531. The zero-order valence-electron chi connectivity index (χ0n) is 14.4. The molecule has 0 spiro atoms. The molecule has 132 valence electrons. The van der Waals surface area contributed by atoms with Gasteiger partial charge >= 0.3 is 0 Å². The number of thiazole rings is 1. The summed E-state index contributed by atoms with van der Waals surface area (Å²) in [5.74, 6) is -0.113. The van der Waals surface area contributed by atoms with Gasteiger partial charge in [0.1, 0.15) is 11.2 Å². The molecular formula is C18H22N4O2S. The highest BCUT2D eigenvalue weighted by Crippen LogP contribution is 2.57. The van der Waals surface area contributed by atoms with Crippen molar-refractivity contribution in [2.45, 2.75) is 38.3 Å². The summed E-state index contributed by atoms with van der Waals surface area (Å²) < 4.78 is 5.87. The van der Waals surface area contributed by atoms with Crippen molar-refractivity contribution in [3.05, 3.63) is 29.8 Å². The average molecular weight is 358 g/mol. The number of nitrogens with two attached hydrogens (primary N) is 1. The average Bonchev–Trinajstić information content (AvgIpc) is 3.10. The summed E-state index contributed by atoms with van der Waals surface area (Å²) >= 11 is 1.38. The molecule has 2 fully saturated rings. The molecule has 1 aliphatic heterocycles. The molecule has 1 amide bonds. The van der Waals surface area contributed by atoms with Crippen LogP contribution in [0.15, 0.2) is 29.8 Å². The Hall–Kier alpha value is -1.83. The highest BCUT2D eigenvalue weighted by Gasteiger charge is 2.70. The molecule has 0 aromatic carbocycles. The molecule has 1 aliphatic carbocycles. The molecule has 3 N–H and O–H groups in total. The molecule has 1 saturated heterocycles. The Bertz CT molecular complexity index is 791. The number of carbonyl (C=O) groups excluding carboxylic acids is 1. The van der Waals surface area contributed by atoms with Crippen molar-refractivity contribution in [2.75, 3.05) is 11.9 Å². The number of hydrogen-bond donors (Lipinski definition) is 2. The van der Waals surface area contributed by atoms with E-state index in [0.717, 1.165) is 30.8 Å². The van der Waals surface area contributed by atoms with Crippen LogP contribution in [0.2, 0.25) is 0 Å². The number of rotatable bonds is 3. The SMILES string of the molecule is CC1(C)C2OCCCC2C1(N)C(=O)Nc1nc(-c2ccccn2)cs1. The smallest absolute Gasteiger partial charge is 0.247 e. The molecule has 2 aromatic heterocycles. The van der Waals surface area contributed by atoms with Crippen LogP contribution in [0.1, 0.15) is 26.7 Å². The summed E-state index contributed by atoms with van der Waals surface area (Å²) in [5, 5.41) is 5.36. The van der Waals surface area contributed by atoms with E-state index in [1.165, 1.54) is 11.3 Å². The summed E-state index contributed by atoms with van der Waals surface area (Å²) in [6, 6.07) is 5.66. The lowest BCUT2D eigenvalue weighted by atomic mass is 9.46. The van der Waals surface area contributed by atoms with Crippen molar-refractivity contribution in [1.82, 2.24) is 9.97 Å². The van der Waals surface area contributed by atoms with Gasteiger partial charge in [-0.2, -0.15) is 0 Å². The zero-order chi connectivity index (χ0) is 17.7. The standard InChI is InChI=1S/C18H22N4O2S/c1-17(2)14-11(6-5-9-24-14)18(17,19)15(23)22-16-21-13(10-25-16)12-7-3-4-8-20-12/h3-4,7-8,10-11,14H,5-6,9,19H2,1-2H3,(H,21,22,23). The van der Waals surface area contributed by atoms with Crippen LogP contribution in [-0.4, -0.2) is 34.1 Å². The Balaban J connectivity index is 1.53. The predicted octanol–water partition coefficient (Wildman–Crippen LogP) is 2.68. The van der Waals surface area contributed by atoms with Crippen molar-refractivity contribution >= 4 is 22.4 Å². The highest BCUT2D eigenvalue weighted by molar-refractivity contribution is 7.14. The molecule has 2 aliphatic rings. The van der Waals surface area contributed by atoms with Gasteiger partial charge in [0.05, 0.1) is 11.8 Å². The second kappa shape index (κ2) is 5.86. The van der Waals surface area contributed by atoms with Crippen molar-refractivity contribution in [2.24, 2.45) is 17.1 Å². The minimum atomic E-state index is -0.936. The third kappa shape index (κ3) is 2.41. The van der Waals surface area contributed by atoms with Crippen molar-refractivity contribution in [3.63, 3.8) is 0 Å². The lowest BCUT2D eigenvalue weighted by Gasteiger charge is -2.64. The lowest BCUT2D eigenvalue weighted by Crippen LogP contribution is -2.81. The van der Waals surface area contributed by atoms with E-state index in [4.69, 9.17) is 10.5 Å². The molecule has 25 heavy (non-hydrogen) atoms. The molecule has 0 radical (unpaired) electrons. The number of anilines is 1. The molecule has 6 nitrogen and oxygen atoms in total. The monoisotopic (exact) mass is 358 g/mol. The first kappa shape index (κ1) is 16.6. The largest absolute Gasteiger partial charge is 0.377 e. The van der Waals surface area contributed by atoms with Crippen molar-refractivity contribution in [1.29, 1.82) is 0 Å². The van der Waals surface area contributed by atoms with Gasteiger partial charge in [0.25, 0.3) is 0 Å². The van der Waals surface area contributed by atoms with Crippen LogP contribution in [0.3, 0.4) is 0 Å². The van der Waals surface area contributed by atoms with Crippen LogP contribution in [0, 0.1) is 11.3 Å². The van der Waals surface area contributed by atoms with E-state index >= 15 is 0 Å². The highest BCUT2D eigenvalue weighted by atomic mass is 32.1. The second-order valence-corrected chi connectivity index (χ2v) is 8.20. The maximum Gasteiger partial charge on any atom is 0.247 e. The van der Waals surface area contributed by atoms with Crippen LogP contribution in [0.25, 0.3) is 11.4 Å². The Labute approximate surface area is 150 Å². The number of carbonyl (C=O) groups is 1. The summed E-state index contributed by atoms with van der Waals surface area (Å²) in [7, 11) is 0. The molecule has 2 aromatic rings. The first-order chi connectivity index (χ1) is 11.9. The van der Waals surface area contributed by atoms with Gasteiger partial charge in [-0.25, -0.2) is 4.98 Å². The normalized spacial score (nSPS) is 30.2. The van der Waals surface area contributed by atoms with Crippen LogP contribution >= 0.6 is 11.3 Å². The first-order valence-corrected chi connectivity index (χ1v) is 9.41. The number of ether oxygens (including phenoxy) is 1. The number of aromatic nitrogens is 2. The zero-order valence-corrected chi connectivity index (χ0v) is 15.2. The number of nitrogens with zero attached hydrogens (tertiary/aromatic N) is 2. The Kier molecular flexibility index (Phi) is 3.90. The fraction of sp³-hybridized carbons (Fsp3) is 0.500. The maximum atomic E-state index is 13.0. The Morgan fingerprint density at radius 1 is 1.40 bits per heavy atom. The first-order valence-electron chi connectivity index (χ1n) is 8.53. The molecule has 7 heteroatoms. The van der Waals surface area contributed by atoms with Crippen LogP contribution < -0.4 is 11.1 Å². The van der Waals surface area contributed by atoms with Crippen molar-refractivity contribution < 1.29 is 9.53 Å². The predicted molar refractivity (Wildman–Crippen MR) is 97.1 cm³/mol. The topological polar surface area (TPSA) is 90.1 Å². The van der Waals surface area contributed by atoms with Gasteiger partial charge in [-0.3, -0.25) is 9.78 Å². The minimum Gasteiger partial charge on any atom is -0.377 e. The van der Waals surface area contributed by atoms with Gasteiger partial charge in [-0.15, -0.1) is 11.3 Å². The molecule has 3 atom stereocenters. The Morgan fingerprint density at radius 3 is 3.00 bits per heavy atom. The van der Waals surface area contributed by atoms with Crippen molar-refractivity contribution in [3.8, 4) is 11.4 Å². The summed E-state index contributed by atoms with van der Waals surface area (Å²) in [6.45, 7) is 4.78. The fourth-order valence-electron chi connectivity index (χ4n) is 4.20. The number of pyridine rings is 1. The number of hydrogen-bond acceptors (Lipinski definition) is 6. The van der Waals surface area contributed by atoms with E-state index in [-0.39, 0.29) is 17.9 Å². The summed E-state index contributed by atoms with van der Waals surface area (Å²) in [5.41, 5.74) is 6.81. The number of fused-ring (bicyclic) bond motifs is 1. The van der Waals surface area contributed by atoms with Crippen LogP contribution in [0.4, 0.5) is 5.13 Å². The number of amides is 1. The fourth-order valence-corrected chi connectivity index (χ4v) is 4.90. The molecular weight excluding hydrogens is 336 g/mol. The molecule has 3 heterocycles. The number of nitrogens with one attached hydrogen (secondary N) is 1. The van der Waals surface area contributed by atoms with Gasteiger partial charge in [0.2, 0.25) is 5.91 Å².